The van der Waals surface area contributed by atoms with Crippen LogP contribution in [-0.4, -0.2) is 28.9 Å². The van der Waals surface area contributed by atoms with E-state index in [1.165, 1.54) is 0 Å². The van der Waals surface area contributed by atoms with Gasteiger partial charge in [-0.1, -0.05) is 37.1 Å². The third-order valence-corrected chi connectivity index (χ3v) is 5.78. The summed E-state index contributed by atoms with van der Waals surface area (Å²) in [6, 6.07) is 12.8. The Balaban J connectivity index is 1.45. The van der Waals surface area contributed by atoms with Crippen LogP contribution in [0.2, 0.25) is 0 Å². The number of carbonyl (C=O) groups excluding carboxylic acids is 2. The molecule has 1 aromatic carbocycles. The Hall–Kier alpha value is -2.94. The van der Waals surface area contributed by atoms with Gasteiger partial charge in [-0.2, -0.15) is 5.26 Å². The molecule has 2 fully saturated rings. The maximum absolute atomic E-state index is 12.8. The second kappa shape index (κ2) is 7.97. The summed E-state index contributed by atoms with van der Waals surface area (Å²) < 4.78 is 0. The lowest BCUT2D eigenvalue weighted by Gasteiger charge is -2.31. The van der Waals surface area contributed by atoms with Crippen LogP contribution in [0.5, 0.6) is 0 Å². The molecule has 28 heavy (non-hydrogen) atoms. The molecule has 2 aromatic rings. The molecule has 6 heteroatoms. The average Bonchev–Trinajstić information content (AvgIpc) is 3.57. The predicted molar refractivity (Wildman–Crippen MR) is 105 cm³/mol. The van der Waals surface area contributed by atoms with Gasteiger partial charge in [0.2, 0.25) is 5.91 Å². The first-order valence-corrected chi connectivity index (χ1v) is 10.0. The molecule has 1 aromatic heterocycles. The van der Waals surface area contributed by atoms with E-state index in [1.54, 1.807) is 6.07 Å². The van der Waals surface area contributed by atoms with Gasteiger partial charge >= 0.3 is 0 Å². The van der Waals surface area contributed by atoms with Gasteiger partial charge in [0.25, 0.3) is 5.91 Å². The van der Waals surface area contributed by atoms with Crippen molar-refractivity contribution in [2.75, 3.05) is 0 Å². The topological polar surface area (TPSA) is 94.9 Å². The molecule has 3 atom stereocenters. The van der Waals surface area contributed by atoms with Crippen LogP contribution in [0, 0.1) is 23.2 Å². The molecule has 2 saturated carbocycles. The van der Waals surface area contributed by atoms with Crippen molar-refractivity contribution in [3.05, 3.63) is 42.1 Å². The maximum Gasteiger partial charge on any atom is 0.270 e. The number of nitrogens with one attached hydrogen (secondary N) is 2. The number of benzene rings is 1. The van der Waals surface area contributed by atoms with E-state index in [4.69, 9.17) is 0 Å². The van der Waals surface area contributed by atoms with Crippen molar-refractivity contribution in [3.8, 4) is 6.07 Å². The first-order chi connectivity index (χ1) is 13.7. The van der Waals surface area contributed by atoms with Crippen LogP contribution in [0.25, 0.3) is 10.9 Å². The minimum atomic E-state index is -0.409. The fraction of sp³-hybridized carbons (Fsp3) is 0.455. The summed E-state index contributed by atoms with van der Waals surface area (Å²) in [5.74, 6) is -0.385. The Labute approximate surface area is 164 Å². The van der Waals surface area contributed by atoms with E-state index in [0.717, 1.165) is 49.4 Å². The lowest BCUT2D eigenvalue weighted by atomic mass is 9.83. The summed E-state index contributed by atoms with van der Waals surface area (Å²) in [5.41, 5.74) is 1.13. The Morgan fingerprint density at radius 3 is 2.64 bits per heavy atom. The van der Waals surface area contributed by atoms with Crippen molar-refractivity contribution in [3.63, 3.8) is 0 Å². The molecule has 0 spiro atoms. The number of hydrogen-bond donors (Lipinski definition) is 2. The van der Waals surface area contributed by atoms with Crippen molar-refractivity contribution in [2.24, 2.45) is 11.8 Å². The molecule has 1 unspecified atom stereocenters. The Bertz CT molecular complexity index is 932. The number of hydrogen-bond acceptors (Lipinski definition) is 4. The minimum absolute atomic E-state index is 0.116. The van der Waals surface area contributed by atoms with Crippen LogP contribution in [-0.2, 0) is 4.79 Å². The second-order valence-corrected chi connectivity index (χ2v) is 7.81. The van der Waals surface area contributed by atoms with E-state index >= 15 is 0 Å². The zero-order valence-electron chi connectivity index (χ0n) is 15.7. The third-order valence-electron chi connectivity index (χ3n) is 5.78. The molecule has 2 N–H and O–H groups in total. The highest BCUT2D eigenvalue weighted by Gasteiger charge is 2.37. The molecule has 4 rings (SSSR count). The standard InChI is InChI=1S/C22H24N4O2/c23-13-20(15-9-10-15)26-21(27)16-6-2-4-8-18(16)25-22(28)19-12-11-14-5-1-3-7-17(14)24-19/h1,3,5,7,11-12,15-16,18,20H,2,4,6,8-10H2,(H,25,28)(H,26,27)/t16-,18+,20?/m1/s1. The SMILES string of the molecule is N#CC(NC(=O)[C@@H]1CCCC[C@@H]1NC(=O)c1ccc2ccccc2n1)C1CC1. The average molecular weight is 376 g/mol. The monoisotopic (exact) mass is 376 g/mol. The summed E-state index contributed by atoms with van der Waals surface area (Å²) in [5, 5.41) is 16.2. The van der Waals surface area contributed by atoms with Gasteiger partial charge in [0.05, 0.1) is 17.5 Å². The molecule has 0 radical (unpaired) electrons. The van der Waals surface area contributed by atoms with Gasteiger partial charge in [-0.3, -0.25) is 9.59 Å². The van der Waals surface area contributed by atoms with Crippen molar-refractivity contribution >= 4 is 22.7 Å². The molecular weight excluding hydrogens is 352 g/mol. The number of nitrogens with zero attached hydrogens (tertiary/aromatic N) is 2. The smallest absolute Gasteiger partial charge is 0.270 e. The second-order valence-electron chi connectivity index (χ2n) is 7.81. The molecule has 0 saturated heterocycles. The van der Waals surface area contributed by atoms with Gasteiger partial charge in [0.1, 0.15) is 11.7 Å². The van der Waals surface area contributed by atoms with Crippen LogP contribution < -0.4 is 10.6 Å². The highest BCUT2D eigenvalue weighted by atomic mass is 16.2. The largest absolute Gasteiger partial charge is 0.347 e. The molecule has 144 valence electrons. The van der Waals surface area contributed by atoms with Gasteiger partial charge < -0.3 is 10.6 Å². The number of para-hydroxylation sites is 1. The fourth-order valence-corrected chi connectivity index (χ4v) is 4.00. The zero-order chi connectivity index (χ0) is 19.5. The normalized spacial score (nSPS) is 22.8. The van der Waals surface area contributed by atoms with Crippen molar-refractivity contribution < 1.29 is 9.59 Å². The summed E-state index contributed by atoms with van der Waals surface area (Å²) in [6.07, 6.45) is 5.42. The number of pyridine rings is 1. The number of fused-ring (bicyclic) bond motifs is 1. The fourth-order valence-electron chi connectivity index (χ4n) is 4.00. The first-order valence-electron chi connectivity index (χ1n) is 10.0. The molecule has 2 aliphatic carbocycles. The minimum Gasteiger partial charge on any atom is -0.347 e. The van der Waals surface area contributed by atoms with Crippen molar-refractivity contribution in [1.29, 1.82) is 5.26 Å². The number of carbonyl (C=O) groups is 2. The highest BCUT2D eigenvalue weighted by molar-refractivity contribution is 5.95. The summed E-state index contributed by atoms with van der Waals surface area (Å²) >= 11 is 0. The summed E-state index contributed by atoms with van der Waals surface area (Å²) in [7, 11) is 0. The highest BCUT2D eigenvalue weighted by Crippen LogP contribution is 2.33. The van der Waals surface area contributed by atoms with Gasteiger partial charge in [0.15, 0.2) is 0 Å². The lowest BCUT2D eigenvalue weighted by molar-refractivity contribution is -0.127. The first kappa shape index (κ1) is 18.4. The lowest BCUT2D eigenvalue weighted by Crippen LogP contribution is -2.50. The Kier molecular flexibility index (Phi) is 5.25. The van der Waals surface area contributed by atoms with Gasteiger partial charge in [-0.05, 0) is 43.7 Å². The number of nitriles is 1. The van der Waals surface area contributed by atoms with Crippen LogP contribution in [0.3, 0.4) is 0 Å². The number of rotatable bonds is 5. The quantitative estimate of drug-likeness (QED) is 0.839. The Morgan fingerprint density at radius 1 is 1.07 bits per heavy atom. The molecule has 0 aliphatic heterocycles. The van der Waals surface area contributed by atoms with E-state index in [2.05, 4.69) is 21.7 Å². The van der Waals surface area contributed by atoms with Gasteiger partial charge in [-0.25, -0.2) is 4.98 Å². The van der Waals surface area contributed by atoms with Crippen LogP contribution in [0.1, 0.15) is 49.0 Å². The molecule has 6 nitrogen and oxygen atoms in total. The van der Waals surface area contributed by atoms with E-state index < -0.39 is 6.04 Å². The zero-order valence-corrected chi connectivity index (χ0v) is 15.7. The van der Waals surface area contributed by atoms with Crippen LogP contribution in [0.4, 0.5) is 0 Å². The van der Waals surface area contributed by atoms with Crippen LogP contribution >= 0.6 is 0 Å². The van der Waals surface area contributed by atoms with E-state index in [9.17, 15) is 14.9 Å². The molecular formula is C22H24N4O2. The maximum atomic E-state index is 12.8. The number of aromatic nitrogens is 1. The predicted octanol–water partition coefficient (Wildman–Crippen LogP) is 2.94. The van der Waals surface area contributed by atoms with E-state index in [1.807, 2.05) is 30.3 Å². The molecule has 2 aliphatic rings. The van der Waals surface area contributed by atoms with E-state index in [-0.39, 0.29) is 29.7 Å². The van der Waals surface area contributed by atoms with E-state index in [0.29, 0.717) is 5.69 Å². The number of amides is 2. The molecule has 0 bridgehead atoms. The summed E-state index contributed by atoms with van der Waals surface area (Å²) in [6.45, 7) is 0. The van der Waals surface area contributed by atoms with Crippen LogP contribution in [0.15, 0.2) is 36.4 Å². The third kappa shape index (κ3) is 3.99. The van der Waals surface area contributed by atoms with Gasteiger partial charge in [0, 0.05) is 11.4 Å². The molecule has 1 heterocycles. The van der Waals surface area contributed by atoms with Gasteiger partial charge in [-0.15, -0.1) is 0 Å². The van der Waals surface area contributed by atoms with Crippen molar-refractivity contribution in [2.45, 2.75) is 50.6 Å². The van der Waals surface area contributed by atoms with Crippen molar-refractivity contribution in [1.82, 2.24) is 15.6 Å². The molecule has 2 amide bonds. The Morgan fingerprint density at radius 2 is 1.86 bits per heavy atom. The summed E-state index contributed by atoms with van der Waals surface area (Å²) in [4.78, 5) is 30.0.